The normalized spacial score (nSPS) is 15.0. The van der Waals surface area contributed by atoms with Gasteiger partial charge in [0.05, 0.1) is 12.1 Å². The Labute approximate surface area is 179 Å². The minimum absolute atomic E-state index is 0.0746. The molecule has 3 aromatic rings. The lowest BCUT2D eigenvalue weighted by Gasteiger charge is -2.42. The second kappa shape index (κ2) is 7.77. The Kier molecular flexibility index (Phi) is 5.26. The van der Waals surface area contributed by atoms with Crippen LogP contribution in [0.25, 0.3) is 11.3 Å². The smallest absolute Gasteiger partial charge is 0.237 e. The van der Waals surface area contributed by atoms with E-state index < -0.39 is 5.54 Å². The van der Waals surface area contributed by atoms with Crippen molar-refractivity contribution in [3.8, 4) is 11.3 Å². The van der Waals surface area contributed by atoms with Crippen molar-refractivity contribution in [3.05, 3.63) is 65.5 Å². The Hall–Kier alpha value is -3.26. The highest BCUT2D eigenvalue weighted by Crippen LogP contribution is 2.39. The van der Waals surface area contributed by atoms with Crippen molar-refractivity contribution in [2.45, 2.75) is 32.9 Å². The van der Waals surface area contributed by atoms with Gasteiger partial charge in [-0.1, -0.05) is 0 Å². The number of carbonyl (C=O) groups excluding carboxylic acids is 1. The van der Waals surface area contributed by atoms with E-state index in [1.54, 1.807) is 36.1 Å². The number of nitrogens with two attached hydrogens (primary N) is 1. The standard InChI is InChI=1S/C23H25F2N5O/c1-14-12-15(4-9-18(14)25)20-21(27-17-7-5-16(24)6-8-17)29-10-11-30(19(31)13-26)23(2,3)22(29)28-20/h4-9,12,27H,10-11,13,26H2,1-3H3. The lowest BCUT2D eigenvalue weighted by molar-refractivity contribution is -0.137. The van der Waals surface area contributed by atoms with Crippen LogP contribution < -0.4 is 11.1 Å². The first kappa shape index (κ1) is 21.0. The Balaban J connectivity index is 1.88. The number of anilines is 2. The maximum Gasteiger partial charge on any atom is 0.237 e. The summed E-state index contributed by atoms with van der Waals surface area (Å²) in [4.78, 5) is 19.1. The van der Waals surface area contributed by atoms with Crippen molar-refractivity contribution in [3.63, 3.8) is 0 Å². The fraction of sp³-hybridized carbons (Fsp3) is 0.304. The summed E-state index contributed by atoms with van der Waals surface area (Å²) in [6, 6.07) is 10.9. The van der Waals surface area contributed by atoms with E-state index in [0.717, 1.165) is 5.56 Å². The zero-order valence-electron chi connectivity index (χ0n) is 17.7. The molecule has 1 aromatic heterocycles. The molecule has 0 saturated heterocycles. The van der Waals surface area contributed by atoms with Gasteiger partial charge in [-0.3, -0.25) is 4.79 Å². The number of amides is 1. The van der Waals surface area contributed by atoms with E-state index in [1.165, 1.54) is 18.2 Å². The number of nitrogens with one attached hydrogen (secondary N) is 1. The van der Waals surface area contributed by atoms with Gasteiger partial charge in [-0.2, -0.15) is 0 Å². The van der Waals surface area contributed by atoms with Crippen molar-refractivity contribution in [2.24, 2.45) is 5.73 Å². The van der Waals surface area contributed by atoms with Gasteiger partial charge in [0.25, 0.3) is 0 Å². The van der Waals surface area contributed by atoms with E-state index in [-0.39, 0.29) is 24.1 Å². The highest BCUT2D eigenvalue weighted by atomic mass is 19.1. The highest BCUT2D eigenvalue weighted by molar-refractivity contribution is 5.80. The summed E-state index contributed by atoms with van der Waals surface area (Å²) >= 11 is 0. The van der Waals surface area contributed by atoms with Crippen LogP contribution in [0.2, 0.25) is 0 Å². The van der Waals surface area contributed by atoms with Gasteiger partial charge in [-0.05, 0) is 68.8 Å². The molecule has 8 heteroatoms. The lowest BCUT2D eigenvalue weighted by Crippen LogP contribution is -2.53. The molecular formula is C23H25F2N5O. The van der Waals surface area contributed by atoms with Crippen LogP contribution in [0.4, 0.5) is 20.3 Å². The van der Waals surface area contributed by atoms with Crippen molar-refractivity contribution in [2.75, 3.05) is 18.4 Å². The molecule has 6 nitrogen and oxygen atoms in total. The molecule has 0 unspecified atom stereocenters. The van der Waals surface area contributed by atoms with Gasteiger partial charge in [0.2, 0.25) is 5.91 Å². The van der Waals surface area contributed by atoms with Crippen LogP contribution in [-0.4, -0.2) is 33.4 Å². The van der Waals surface area contributed by atoms with Gasteiger partial charge >= 0.3 is 0 Å². The van der Waals surface area contributed by atoms with Crippen LogP contribution in [0.15, 0.2) is 42.5 Å². The molecule has 4 rings (SSSR count). The minimum Gasteiger partial charge on any atom is -0.340 e. The largest absolute Gasteiger partial charge is 0.340 e. The molecule has 2 heterocycles. The maximum atomic E-state index is 13.9. The third kappa shape index (κ3) is 3.67. The average Bonchev–Trinajstić information content (AvgIpc) is 3.11. The summed E-state index contributed by atoms with van der Waals surface area (Å²) in [7, 11) is 0. The van der Waals surface area contributed by atoms with E-state index >= 15 is 0 Å². The number of rotatable bonds is 4. The molecular weight excluding hydrogens is 400 g/mol. The fourth-order valence-electron chi connectivity index (χ4n) is 4.07. The van der Waals surface area contributed by atoms with E-state index in [0.29, 0.717) is 41.7 Å². The molecule has 0 atom stereocenters. The predicted octanol–water partition coefficient (Wildman–Crippen LogP) is 3.92. The average molecular weight is 425 g/mol. The molecule has 0 spiro atoms. The van der Waals surface area contributed by atoms with E-state index in [1.807, 2.05) is 18.4 Å². The zero-order chi connectivity index (χ0) is 22.3. The number of benzene rings is 2. The maximum absolute atomic E-state index is 13.9. The van der Waals surface area contributed by atoms with E-state index in [9.17, 15) is 13.6 Å². The molecule has 1 aliphatic heterocycles. The van der Waals surface area contributed by atoms with Crippen LogP contribution in [0, 0.1) is 18.6 Å². The molecule has 162 valence electrons. The third-order valence-corrected chi connectivity index (χ3v) is 5.75. The second-order valence-electron chi connectivity index (χ2n) is 8.19. The number of aryl methyl sites for hydroxylation is 1. The number of imidazole rings is 1. The van der Waals surface area contributed by atoms with Gasteiger partial charge in [-0.15, -0.1) is 0 Å². The first-order valence-corrected chi connectivity index (χ1v) is 10.1. The molecule has 1 aliphatic rings. The predicted molar refractivity (Wildman–Crippen MR) is 116 cm³/mol. The Morgan fingerprint density at radius 3 is 2.52 bits per heavy atom. The van der Waals surface area contributed by atoms with Crippen LogP contribution in [-0.2, 0) is 16.9 Å². The van der Waals surface area contributed by atoms with Gasteiger partial charge in [0.1, 0.15) is 29.0 Å². The van der Waals surface area contributed by atoms with Crippen molar-refractivity contribution in [1.29, 1.82) is 0 Å². The summed E-state index contributed by atoms with van der Waals surface area (Å²) in [6.07, 6.45) is 0. The van der Waals surface area contributed by atoms with E-state index in [2.05, 4.69) is 5.32 Å². The number of hydrogen-bond donors (Lipinski definition) is 2. The van der Waals surface area contributed by atoms with Gasteiger partial charge in [0.15, 0.2) is 0 Å². The summed E-state index contributed by atoms with van der Waals surface area (Å²) in [5.74, 6) is 0.641. The van der Waals surface area contributed by atoms with Crippen LogP contribution in [0.5, 0.6) is 0 Å². The second-order valence-corrected chi connectivity index (χ2v) is 8.19. The number of carbonyl (C=O) groups is 1. The molecule has 0 radical (unpaired) electrons. The monoisotopic (exact) mass is 425 g/mol. The summed E-state index contributed by atoms with van der Waals surface area (Å²) in [5, 5.41) is 3.35. The van der Waals surface area contributed by atoms with Gasteiger partial charge in [0, 0.05) is 24.3 Å². The molecule has 31 heavy (non-hydrogen) atoms. The molecule has 0 aliphatic carbocycles. The molecule has 3 N–H and O–H groups in total. The Bertz CT molecular complexity index is 1140. The number of halogens is 2. The topological polar surface area (TPSA) is 76.2 Å². The van der Waals surface area contributed by atoms with Gasteiger partial charge in [-0.25, -0.2) is 13.8 Å². The van der Waals surface area contributed by atoms with Gasteiger partial charge < -0.3 is 20.5 Å². The third-order valence-electron chi connectivity index (χ3n) is 5.75. The van der Waals surface area contributed by atoms with Crippen LogP contribution in [0.1, 0.15) is 25.2 Å². The summed E-state index contributed by atoms with van der Waals surface area (Å²) in [5.41, 5.74) is 7.52. The van der Waals surface area contributed by atoms with Crippen LogP contribution in [0.3, 0.4) is 0 Å². The first-order chi connectivity index (χ1) is 14.7. The number of hydrogen-bond acceptors (Lipinski definition) is 4. The molecule has 2 aromatic carbocycles. The quantitative estimate of drug-likeness (QED) is 0.664. The Morgan fingerprint density at radius 1 is 1.16 bits per heavy atom. The fourth-order valence-corrected chi connectivity index (χ4v) is 4.07. The Morgan fingerprint density at radius 2 is 1.87 bits per heavy atom. The van der Waals surface area contributed by atoms with Crippen molar-refractivity contribution >= 4 is 17.4 Å². The highest BCUT2D eigenvalue weighted by Gasteiger charge is 2.41. The van der Waals surface area contributed by atoms with Crippen molar-refractivity contribution in [1.82, 2.24) is 14.5 Å². The molecule has 0 saturated carbocycles. The minimum atomic E-state index is -0.693. The van der Waals surface area contributed by atoms with Crippen LogP contribution >= 0.6 is 0 Å². The zero-order valence-corrected chi connectivity index (χ0v) is 17.7. The molecule has 0 fully saturated rings. The number of nitrogens with zero attached hydrogens (tertiary/aromatic N) is 3. The molecule has 1 amide bonds. The number of fused-ring (bicyclic) bond motifs is 1. The first-order valence-electron chi connectivity index (χ1n) is 10.1. The summed E-state index contributed by atoms with van der Waals surface area (Å²) < 4.78 is 29.3. The SMILES string of the molecule is Cc1cc(-c2nc3n(c2Nc2ccc(F)cc2)CCN(C(=O)CN)C3(C)C)ccc1F. The van der Waals surface area contributed by atoms with Crippen molar-refractivity contribution < 1.29 is 13.6 Å². The number of aromatic nitrogens is 2. The van der Waals surface area contributed by atoms with E-state index in [4.69, 9.17) is 10.7 Å². The molecule has 0 bridgehead atoms. The lowest BCUT2D eigenvalue weighted by atomic mass is 9.99. The summed E-state index contributed by atoms with van der Waals surface area (Å²) in [6.45, 7) is 6.48.